The highest BCUT2D eigenvalue weighted by molar-refractivity contribution is 6.32. The fourth-order valence-electron chi connectivity index (χ4n) is 3.55. The minimum absolute atomic E-state index is 0.223. The fourth-order valence-corrected chi connectivity index (χ4v) is 3.77. The molecule has 2 N–H and O–H groups in total. The van der Waals surface area contributed by atoms with Gasteiger partial charge < -0.3 is 15.2 Å². The smallest absolute Gasteiger partial charge is 0.268 e. The first kappa shape index (κ1) is 21.3. The third-order valence-electron chi connectivity index (χ3n) is 5.20. The molecule has 0 saturated carbocycles. The van der Waals surface area contributed by atoms with Crippen LogP contribution in [-0.4, -0.2) is 72.5 Å². The molecule has 0 radical (unpaired) electrons. The number of amides is 1. The molecule has 0 unspecified atom stereocenters. The van der Waals surface area contributed by atoms with E-state index < -0.39 is 12.2 Å². The first-order valence-electron chi connectivity index (χ1n) is 10.3. The van der Waals surface area contributed by atoms with Crippen LogP contribution in [0.1, 0.15) is 0 Å². The Bertz CT molecular complexity index is 1280. The molecule has 1 aliphatic heterocycles. The summed E-state index contributed by atoms with van der Waals surface area (Å²) in [6, 6.07) is 12.5. The topological polar surface area (TPSA) is 118 Å². The number of benzene rings is 1. The number of carbonyl (C=O) groups excluding carboxylic acids is 1. The van der Waals surface area contributed by atoms with Gasteiger partial charge in [0.05, 0.1) is 16.8 Å². The number of aliphatic hydroxyl groups is 1. The molecule has 0 aliphatic carbocycles. The normalized spacial score (nSPS) is 15.2. The predicted molar refractivity (Wildman–Crippen MR) is 121 cm³/mol. The lowest BCUT2D eigenvalue weighted by atomic mass is 10.1. The van der Waals surface area contributed by atoms with Crippen molar-refractivity contribution in [2.24, 2.45) is 0 Å². The van der Waals surface area contributed by atoms with Gasteiger partial charge in [-0.1, -0.05) is 29.8 Å². The van der Waals surface area contributed by atoms with Crippen LogP contribution in [0.2, 0.25) is 5.02 Å². The second-order valence-electron chi connectivity index (χ2n) is 7.62. The van der Waals surface area contributed by atoms with Crippen LogP contribution in [0.3, 0.4) is 0 Å². The molecule has 4 heterocycles. The van der Waals surface area contributed by atoms with Crippen molar-refractivity contribution in [3.8, 4) is 11.6 Å². The minimum Gasteiger partial charge on any atom is -0.462 e. The lowest BCUT2D eigenvalue weighted by Crippen LogP contribution is -2.55. The number of aliphatic hydroxyl groups excluding tert-OH is 1. The molecule has 10 nitrogen and oxygen atoms in total. The summed E-state index contributed by atoms with van der Waals surface area (Å²) in [6.07, 6.45) is 3.34. The summed E-state index contributed by atoms with van der Waals surface area (Å²) < 4.78 is 7.68. The van der Waals surface area contributed by atoms with Crippen LogP contribution in [0.25, 0.3) is 16.7 Å². The average Bonchev–Trinajstić information content (AvgIpc) is 3.23. The van der Waals surface area contributed by atoms with Gasteiger partial charge in [-0.2, -0.15) is 0 Å². The molecule has 0 bridgehead atoms. The summed E-state index contributed by atoms with van der Waals surface area (Å²) in [4.78, 5) is 27.6. The Morgan fingerprint density at radius 3 is 2.76 bits per heavy atom. The average molecular weight is 466 g/mol. The van der Waals surface area contributed by atoms with E-state index in [2.05, 4.69) is 25.4 Å². The summed E-state index contributed by atoms with van der Waals surface area (Å²) in [6.45, 7) is 1.22. The van der Waals surface area contributed by atoms with Crippen molar-refractivity contribution < 1.29 is 14.6 Å². The minimum atomic E-state index is -0.902. The van der Waals surface area contributed by atoms with Crippen molar-refractivity contribution in [2.45, 2.75) is 12.2 Å². The Balaban J connectivity index is 1.43. The zero-order valence-electron chi connectivity index (χ0n) is 17.4. The number of rotatable bonds is 7. The van der Waals surface area contributed by atoms with Gasteiger partial charge in [-0.05, 0) is 24.3 Å². The molecule has 1 atom stereocenters. The van der Waals surface area contributed by atoms with Gasteiger partial charge in [0.1, 0.15) is 17.5 Å². The van der Waals surface area contributed by atoms with Crippen molar-refractivity contribution in [1.82, 2.24) is 29.6 Å². The number of para-hydroxylation sites is 1. The van der Waals surface area contributed by atoms with Gasteiger partial charge in [0.25, 0.3) is 5.91 Å². The van der Waals surface area contributed by atoms with E-state index in [0.29, 0.717) is 40.7 Å². The Kier molecular flexibility index (Phi) is 5.86. The van der Waals surface area contributed by atoms with E-state index in [9.17, 15) is 9.90 Å². The lowest BCUT2D eigenvalue weighted by molar-refractivity contribution is -0.125. The second-order valence-corrected chi connectivity index (χ2v) is 8.03. The fraction of sp³-hybridized carbons (Fsp3) is 0.227. The van der Waals surface area contributed by atoms with E-state index >= 15 is 0 Å². The largest absolute Gasteiger partial charge is 0.462 e. The van der Waals surface area contributed by atoms with E-state index in [1.54, 1.807) is 41.3 Å². The summed E-state index contributed by atoms with van der Waals surface area (Å²) in [7, 11) is 0. The standard InChI is InChI=1S/C22H20ClN7O3/c23-16-5-1-2-6-17(16)30-11-15-20(28-30)25-13-26-22(15)33-18(12-29-9-14(31)10-29)21(32)27-19-7-3-4-8-24-19/h1-8,11,13-14,18,31H,9-10,12H2,(H,24,27,32)/t18-/m0/s1. The zero-order chi connectivity index (χ0) is 22.8. The van der Waals surface area contributed by atoms with Crippen LogP contribution in [0.15, 0.2) is 61.2 Å². The highest BCUT2D eigenvalue weighted by Crippen LogP contribution is 2.26. The van der Waals surface area contributed by atoms with Gasteiger partial charge in [0, 0.05) is 32.0 Å². The monoisotopic (exact) mass is 465 g/mol. The number of aromatic nitrogens is 5. The Labute approximate surface area is 193 Å². The first-order chi connectivity index (χ1) is 16.1. The van der Waals surface area contributed by atoms with Crippen LogP contribution in [-0.2, 0) is 4.79 Å². The van der Waals surface area contributed by atoms with Crippen LogP contribution in [0.5, 0.6) is 5.88 Å². The molecule has 33 heavy (non-hydrogen) atoms. The van der Waals surface area contributed by atoms with Crippen molar-refractivity contribution in [3.63, 3.8) is 0 Å². The Morgan fingerprint density at radius 1 is 1.18 bits per heavy atom. The zero-order valence-corrected chi connectivity index (χ0v) is 18.1. The maximum atomic E-state index is 13.0. The molecule has 1 saturated heterocycles. The molecule has 1 aromatic carbocycles. The highest BCUT2D eigenvalue weighted by Gasteiger charge is 2.32. The molecular weight excluding hydrogens is 446 g/mol. The quantitative estimate of drug-likeness (QED) is 0.425. The highest BCUT2D eigenvalue weighted by atomic mass is 35.5. The van der Waals surface area contributed by atoms with Gasteiger partial charge >= 0.3 is 0 Å². The lowest BCUT2D eigenvalue weighted by Gasteiger charge is -2.37. The number of hydrogen-bond donors (Lipinski definition) is 2. The van der Waals surface area contributed by atoms with Crippen molar-refractivity contribution in [2.75, 3.05) is 25.0 Å². The molecule has 1 fully saturated rings. The SMILES string of the molecule is O=C(Nc1ccccn1)[C@H](CN1CC(O)C1)Oc1ncnc2nn(-c3ccccc3Cl)cc12. The Morgan fingerprint density at radius 2 is 2.00 bits per heavy atom. The molecule has 168 valence electrons. The predicted octanol–water partition coefficient (Wildman–Crippen LogP) is 1.93. The van der Waals surface area contributed by atoms with Crippen molar-refractivity contribution in [3.05, 3.63) is 66.2 Å². The summed E-state index contributed by atoms with van der Waals surface area (Å²) >= 11 is 6.31. The number of nitrogens with zero attached hydrogens (tertiary/aromatic N) is 6. The van der Waals surface area contributed by atoms with Crippen LogP contribution < -0.4 is 10.1 Å². The summed E-state index contributed by atoms with van der Waals surface area (Å²) in [5, 5.41) is 17.9. The van der Waals surface area contributed by atoms with Gasteiger partial charge in [0.2, 0.25) is 5.88 Å². The molecule has 1 aliphatic rings. The third kappa shape index (κ3) is 4.63. The molecule has 11 heteroatoms. The van der Waals surface area contributed by atoms with Gasteiger partial charge in [-0.15, -0.1) is 5.10 Å². The Hall–Kier alpha value is -3.60. The van der Waals surface area contributed by atoms with Crippen LogP contribution >= 0.6 is 11.6 Å². The molecule has 5 rings (SSSR count). The van der Waals surface area contributed by atoms with Gasteiger partial charge in [-0.3, -0.25) is 9.69 Å². The van der Waals surface area contributed by atoms with Gasteiger partial charge in [-0.25, -0.2) is 19.6 Å². The molecule has 0 spiro atoms. The maximum absolute atomic E-state index is 13.0. The van der Waals surface area contributed by atoms with Crippen molar-refractivity contribution in [1.29, 1.82) is 0 Å². The summed E-state index contributed by atoms with van der Waals surface area (Å²) in [5.74, 6) is 0.264. The summed E-state index contributed by atoms with van der Waals surface area (Å²) in [5.41, 5.74) is 1.09. The van der Waals surface area contributed by atoms with Crippen molar-refractivity contribution >= 4 is 34.4 Å². The van der Waals surface area contributed by atoms with E-state index in [1.807, 2.05) is 23.1 Å². The van der Waals surface area contributed by atoms with Crippen LogP contribution in [0.4, 0.5) is 5.82 Å². The number of nitrogens with one attached hydrogen (secondary N) is 1. The number of anilines is 1. The number of pyridine rings is 1. The van der Waals surface area contributed by atoms with E-state index in [4.69, 9.17) is 16.3 Å². The number of hydrogen-bond acceptors (Lipinski definition) is 8. The molecule has 3 aromatic heterocycles. The number of likely N-dealkylation sites (tertiary alicyclic amines) is 1. The first-order valence-corrected chi connectivity index (χ1v) is 10.7. The maximum Gasteiger partial charge on any atom is 0.268 e. The van der Waals surface area contributed by atoms with Crippen LogP contribution in [0, 0.1) is 0 Å². The molecule has 1 amide bonds. The third-order valence-corrected chi connectivity index (χ3v) is 5.52. The number of halogens is 1. The molecule has 4 aromatic rings. The number of carbonyl (C=O) groups is 1. The van der Waals surface area contributed by atoms with Gasteiger partial charge in [0.15, 0.2) is 11.8 Å². The second kappa shape index (κ2) is 9.10. The molecular formula is C22H20ClN7O3. The van der Waals surface area contributed by atoms with E-state index in [1.165, 1.54) is 6.33 Å². The van der Waals surface area contributed by atoms with E-state index in [0.717, 1.165) is 0 Å². The number of ether oxygens (including phenoxy) is 1. The number of fused-ring (bicyclic) bond motifs is 1. The van der Waals surface area contributed by atoms with E-state index in [-0.39, 0.29) is 18.3 Å². The number of β-amino-alcohol motifs (C(OH)–C–C–N with tert-alkyl or cyclic N) is 1.